The summed E-state index contributed by atoms with van der Waals surface area (Å²) in [6.07, 6.45) is 1.69. The number of carbonyl (C=O) groups is 1. The molecule has 8 heteroatoms. The minimum atomic E-state index is -3.52. The first-order valence-electron chi connectivity index (χ1n) is 8.98. The number of anilines is 2. The lowest BCUT2D eigenvalue weighted by Crippen LogP contribution is -2.31. The van der Waals surface area contributed by atoms with E-state index in [1.54, 1.807) is 55.6 Å². The van der Waals surface area contributed by atoms with E-state index < -0.39 is 10.0 Å². The molecule has 0 radical (unpaired) electrons. The van der Waals surface area contributed by atoms with Crippen LogP contribution < -0.4 is 19.1 Å². The van der Waals surface area contributed by atoms with Crippen molar-refractivity contribution in [2.75, 3.05) is 36.1 Å². The average molecular weight is 407 g/mol. The normalized spacial score (nSPS) is 11.0. The third-order valence-corrected chi connectivity index (χ3v) is 5.13. The Kier molecular flexibility index (Phi) is 7.69. The van der Waals surface area contributed by atoms with Gasteiger partial charge >= 0.3 is 0 Å². The molecule has 2 rings (SSSR count). The van der Waals surface area contributed by atoms with Crippen molar-refractivity contribution < 1.29 is 22.7 Å². The summed E-state index contributed by atoms with van der Waals surface area (Å²) in [5.74, 6) is 0.949. The fourth-order valence-electron chi connectivity index (χ4n) is 2.71. The van der Waals surface area contributed by atoms with Crippen molar-refractivity contribution in [3.63, 3.8) is 0 Å². The zero-order valence-corrected chi connectivity index (χ0v) is 17.2. The Bertz CT molecular complexity index is 899. The molecule has 0 saturated carbocycles. The fraction of sp³-hybridized carbons (Fsp3) is 0.350. The van der Waals surface area contributed by atoms with E-state index in [2.05, 4.69) is 5.32 Å². The van der Waals surface area contributed by atoms with E-state index in [4.69, 9.17) is 9.47 Å². The molecular formula is C20H26N2O5S. The van der Waals surface area contributed by atoms with Crippen LogP contribution in [-0.2, 0) is 14.8 Å². The first kappa shape index (κ1) is 21.6. The summed E-state index contributed by atoms with van der Waals surface area (Å²) < 4.78 is 36.5. The van der Waals surface area contributed by atoms with Crippen LogP contribution in [0.5, 0.6) is 11.5 Å². The molecule has 1 amide bonds. The van der Waals surface area contributed by atoms with Crippen molar-refractivity contribution in [1.29, 1.82) is 0 Å². The van der Waals surface area contributed by atoms with Gasteiger partial charge in [-0.25, -0.2) is 8.42 Å². The summed E-state index contributed by atoms with van der Waals surface area (Å²) in [5, 5.41) is 2.79. The minimum absolute atomic E-state index is 0.175. The van der Waals surface area contributed by atoms with Gasteiger partial charge in [-0.3, -0.25) is 9.10 Å². The van der Waals surface area contributed by atoms with Crippen molar-refractivity contribution in [3.05, 3.63) is 48.5 Å². The Balaban J connectivity index is 2.02. The smallest absolute Gasteiger partial charge is 0.232 e. The third kappa shape index (κ3) is 6.16. The number of nitrogens with zero attached hydrogens (tertiary/aromatic N) is 1. The van der Waals surface area contributed by atoms with Crippen LogP contribution in [0.15, 0.2) is 48.5 Å². The lowest BCUT2D eigenvalue weighted by molar-refractivity contribution is -0.116. The van der Waals surface area contributed by atoms with Gasteiger partial charge in [-0.05, 0) is 37.6 Å². The Morgan fingerprint density at radius 3 is 2.57 bits per heavy atom. The van der Waals surface area contributed by atoms with E-state index in [-0.39, 0.29) is 18.9 Å². The maximum absolute atomic E-state index is 12.3. The van der Waals surface area contributed by atoms with Crippen molar-refractivity contribution in [2.24, 2.45) is 0 Å². The molecule has 0 spiro atoms. The Morgan fingerprint density at radius 1 is 1.14 bits per heavy atom. The van der Waals surface area contributed by atoms with Gasteiger partial charge in [0.25, 0.3) is 0 Å². The van der Waals surface area contributed by atoms with Crippen LogP contribution in [-0.4, -0.2) is 40.8 Å². The van der Waals surface area contributed by atoms with Crippen LogP contribution in [0.4, 0.5) is 11.4 Å². The van der Waals surface area contributed by atoms with E-state index in [0.717, 1.165) is 6.26 Å². The molecule has 0 aliphatic rings. The number of hydrogen-bond donors (Lipinski definition) is 1. The molecule has 0 aromatic heterocycles. The zero-order valence-electron chi connectivity index (χ0n) is 16.3. The van der Waals surface area contributed by atoms with Gasteiger partial charge < -0.3 is 14.8 Å². The average Bonchev–Trinajstić information content (AvgIpc) is 2.65. The SMILES string of the molecule is CCOc1ccccc1N(CCCC(=O)Nc1cccc(OC)c1)S(C)(=O)=O. The number of amides is 1. The summed E-state index contributed by atoms with van der Waals surface area (Å²) in [7, 11) is -1.96. The number of carbonyl (C=O) groups excluding carboxylic acids is 1. The molecule has 152 valence electrons. The summed E-state index contributed by atoms with van der Waals surface area (Å²) in [6.45, 7) is 2.44. The molecule has 28 heavy (non-hydrogen) atoms. The summed E-state index contributed by atoms with van der Waals surface area (Å²) in [4.78, 5) is 12.2. The van der Waals surface area contributed by atoms with Gasteiger partial charge in [-0.2, -0.15) is 0 Å². The van der Waals surface area contributed by atoms with E-state index >= 15 is 0 Å². The lowest BCUT2D eigenvalue weighted by Gasteiger charge is -2.24. The summed E-state index contributed by atoms with van der Waals surface area (Å²) in [6, 6.07) is 14.0. The molecule has 0 heterocycles. The van der Waals surface area contributed by atoms with Gasteiger partial charge in [0.15, 0.2) is 0 Å². The quantitative estimate of drug-likeness (QED) is 0.655. The van der Waals surface area contributed by atoms with Crippen LogP contribution in [0.2, 0.25) is 0 Å². The molecule has 2 aromatic carbocycles. The van der Waals surface area contributed by atoms with Crippen LogP contribution in [0.1, 0.15) is 19.8 Å². The molecule has 0 unspecified atom stereocenters. The van der Waals surface area contributed by atoms with E-state index in [1.807, 2.05) is 6.92 Å². The van der Waals surface area contributed by atoms with Crippen LogP contribution in [0.3, 0.4) is 0 Å². The lowest BCUT2D eigenvalue weighted by atomic mass is 10.2. The number of rotatable bonds is 10. The van der Waals surface area contributed by atoms with Crippen LogP contribution >= 0.6 is 0 Å². The molecule has 0 atom stereocenters. The van der Waals surface area contributed by atoms with Crippen molar-refractivity contribution in [2.45, 2.75) is 19.8 Å². The molecule has 2 aromatic rings. The number of methoxy groups -OCH3 is 1. The minimum Gasteiger partial charge on any atom is -0.497 e. The number of benzene rings is 2. The molecule has 0 aliphatic carbocycles. The zero-order chi connectivity index (χ0) is 20.6. The van der Waals surface area contributed by atoms with Gasteiger partial charge in [-0.15, -0.1) is 0 Å². The molecule has 0 aliphatic heterocycles. The highest BCUT2D eigenvalue weighted by molar-refractivity contribution is 7.92. The van der Waals surface area contributed by atoms with E-state index in [0.29, 0.717) is 35.9 Å². The van der Waals surface area contributed by atoms with E-state index in [9.17, 15) is 13.2 Å². The molecule has 0 bridgehead atoms. The van der Waals surface area contributed by atoms with Gasteiger partial charge in [0.05, 0.1) is 25.7 Å². The predicted molar refractivity (Wildman–Crippen MR) is 111 cm³/mol. The number of sulfonamides is 1. The first-order chi connectivity index (χ1) is 13.3. The Morgan fingerprint density at radius 2 is 1.89 bits per heavy atom. The van der Waals surface area contributed by atoms with Gasteiger partial charge in [-0.1, -0.05) is 18.2 Å². The molecule has 0 fully saturated rings. The second-order valence-electron chi connectivity index (χ2n) is 6.12. The third-order valence-electron chi connectivity index (χ3n) is 3.95. The second-order valence-corrected chi connectivity index (χ2v) is 8.03. The van der Waals surface area contributed by atoms with Crippen LogP contribution in [0.25, 0.3) is 0 Å². The van der Waals surface area contributed by atoms with E-state index in [1.165, 1.54) is 4.31 Å². The van der Waals surface area contributed by atoms with Gasteiger partial charge in [0.2, 0.25) is 15.9 Å². The Labute approximate surface area is 166 Å². The molecule has 1 N–H and O–H groups in total. The highest BCUT2D eigenvalue weighted by atomic mass is 32.2. The van der Waals surface area contributed by atoms with Crippen molar-refractivity contribution >= 4 is 27.3 Å². The highest BCUT2D eigenvalue weighted by Gasteiger charge is 2.21. The predicted octanol–water partition coefficient (Wildman–Crippen LogP) is 3.28. The van der Waals surface area contributed by atoms with Gasteiger partial charge in [0.1, 0.15) is 11.5 Å². The highest BCUT2D eigenvalue weighted by Crippen LogP contribution is 2.30. The monoisotopic (exact) mass is 406 g/mol. The number of hydrogen-bond acceptors (Lipinski definition) is 5. The van der Waals surface area contributed by atoms with Gasteiger partial charge in [0, 0.05) is 24.7 Å². The topological polar surface area (TPSA) is 84.9 Å². The summed E-state index contributed by atoms with van der Waals surface area (Å²) in [5.41, 5.74) is 1.10. The van der Waals surface area contributed by atoms with Crippen molar-refractivity contribution in [1.82, 2.24) is 0 Å². The molecule has 0 saturated heterocycles. The second kappa shape index (κ2) is 9.98. The standard InChI is InChI=1S/C20H26N2O5S/c1-4-27-19-12-6-5-11-18(19)22(28(3,24)25)14-8-13-20(23)21-16-9-7-10-17(15-16)26-2/h5-7,9-12,15H,4,8,13-14H2,1-3H3,(H,21,23). The summed E-state index contributed by atoms with van der Waals surface area (Å²) >= 11 is 0. The first-order valence-corrected chi connectivity index (χ1v) is 10.8. The fourth-order valence-corrected chi connectivity index (χ4v) is 3.68. The molecular weight excluding hydrogens is 380 g/mol. The Hall–Kier alpha value is -2.74. The maximum atomic E-state index is 12.3. The number of nitrogens with one attached hydrogen (secondary N) is 1. The van der Waals surface area contributed by atoms with Crippen LogP contribution in [0, 0.1) is 0 Å². The largest absolute Gasteiger partial charge is 0.497 e. The number of ether oxygens (including phenoxy) is 2. The van der Waals surface area contributed by atoms with Crippen molar-refractivity contribution in [3.8, 4) is 11.5 Å². The number of para-hydroxylation sites is 2. The maximum Gasteiger partial charge on any atom is 0.232 e. The molecule has 7 nitrogen and oxygen atoms in total.